The molecule has 0 amide bonds. The SMILES string of the molecule is COCc1nc(-c2cc(C)n(C)n2)n(C(C)(C)C)n1. The molecule has 0 aromatic carbocycles. The summed E-state index contributed by atoms with van der Waals surface area (Å²) in [7, 11) is 3.56. The van der Waals surface area contributed by atoms with Gasteiger partial charge in [-0.3, -0.25) is 4.68 Å². The minimum atomic E-state index is -0.153. The average molecular weight is 263 g/mol. The van der Waals surface area contributed by atoms with E-state index in [4.69, 9.17) is 4.74 Å². The molecule has 2 heterocycles. The van der Waals surface area contributed by atoms with Crippen LogP contribution in [0, 0.1) is 6.92 Å². The molecule has 0 radical (unpaired) electrons. The van der Waals surface area contributed by atoms with Crippen LogP contribution in [0.5, 0.6) is 0 Å². The van der Waals surface area contributed by atoms with Gasteiger partial charge in [-0.25, -0.2) is 9.67 Å². The molecule has 0 bridgehead atoms. The number of methoxy groups -OCH3 is 1. The molecule has 0 aliphatic carbocycles. The minimum Gasteiger partial charge on any atom is -0.377 e. The first-order valence-electron chi connectivity index (χ1n) is 6.29. The zero-order valence-corrected chi connectivity index (χ0v) is 12.4. The van der Waals surface area contributed by atoms with Crippen LogP contribution >= 0.6 is 0 Å². The van der Waals surface area contributed by atoms with Gasteiger partial charge in [0, 0.05) is 19.9 Å². The van der Waals surface area contributed by atoms with Gasteiger partial charge in [-0.05, 0) is 33.8 Å². The summed E-state index contributed by atoms with van der Waals surface area (Å²) in [6, 6.07) is 2.02. The van der Waals surface area contributed by atoms with Crippen molar-refractivity contribution in [2.45, 2.75) is 39.8 Å². The van der Waals surface area contributed by atoms with Gasteiger partial charge >= 0.3 is 0 Å². The highest BCUT2D eigenvalue weighted by atomic mass is 16.5. The number of hydrogen-bond donors (Lipinski definition) is 0. The van der Waals surface area contributed by atoms with E-state index in [1.54, 1.807) is 7.11 Å². The van der Waals surface area contributed by atoms with Crippen LogP contribution in [0.25, 0.3) is 11.5 Å². The van der Waals surface area contributed by atoms with E-state index in [9.17, 15) is 0 Å². The second-order valence-corrected chi connectivity index (χ2v) is 5.66. The predicted molar refractivity (Wildman–Crippen MR) is 72.7 cm³/mol. The third kappa shape index (κ3) is 2.68. The van der Waals surface area contributed by atoms with Crippen molar-refractivity contribution in [1.82, 2.24) is 24.5 Å². The Morgan fingerprint density at radius 1 is 1.26 bits per heavy atom. The lowest BCUT2D eigenvalue weighted by molar-refractivity contribution is 0.176. The molecular formula is C13H21N5O. The first-order valence-corrected chi connectivity index (χ1v) is 6.29. The third-order valence-corrected chi connectivity index (χ3v) is 2.90. The van der Waals surface area contributed by atoms with Gasteiger partial charge < -0.3 is 4.74 Å². The number of aryl methyl sites for hydroxylation is 2. The summed E-state index contributed by atoms with van der Waals surface area (Å²) in [6.07, 6.45) is 0. The van der Waals surface area contributed by atoms with E-state index in [2.05, 4.69) is 36.0 Å². The highest BCUT2D eigenvalue weighted by molar-refractivity contribution is 5.50. The zero-order chi connectivity index (χ0) is 14.2. The van der Waals surface area contributed by atoms with Crippen LogP contribution < -0.4 is 0 Å². The highest BCUT2D eigenvalue weighted by Crippen LogP contribution is 2.23. The second kappa shape index (κ2) is 4.77. The third-order valence-electron chi connectivity index (χ3n) is 2.90. The maximum absolute atomic E-state index is 5.11. The van der Waals surface area contributed by atoms with Gasteiger partial charge in [0.1, 0.15) is 12.3 Å². The van der Waals surface area contributed by atoms with Crippen LogP contribution in [-0.2, 0) is 23.9 Å². The number of rotatable bonds is 3. The van der Waals surface area contributed by atoms with Crippen LogP contribution in [-0.4, -0.2) is 31.7 Å². The molecule has 0 saturated carbocycles. The molecule has 0 N–H and O–H groups in total. The molecule has 0 unspecified atom stereocenters. The quantitative estimate of drug-likeness (QED) is 0.848. The number of nitrogens with zero attached hydrogens (tertiary/aromatic N) is 5. The first-order chi connectivity index (χ1) is 8.82. The van der Waals surface area contributed by atoms with Crippen molar-refractivity contribution in [2.24, 2.45) is 7.05 Å². The minimum absolute atomic E-state index is 0.153. The fourth-order valence-electron chi connectivity index (χ4n) is 1.85. The summed E-state index contributed by atoms with van der Waals surface area (Å²) in [5.74, 6) is 1.46. The Morgan fingerprint density at radius 3 is 2.42 bits per heavy atom. The lowest BCUT2D eigenvalue weighted by Gasteiger charge is -2.20. The first kappa shape index (κ1) is 13.7. The van der Waals surface area contributed by atoms with Crippen molar-refractivity contribution < 1.29 is 4.74 Å². The molecule has 104 valence electrons. The molecule has 0 spiro atoms. The van der Waals surface area contributed by atoms with Gasteiger partial charge in [0.05, 0.1) is 5.54 Å². The molecule has 0 saturated heterocycles. The Bertz CT molecular complexity index is 557. The lowest BCUT2D eigenvalue weighted by atomic mass is 10.1. The van der Waals surface area contributed by atoms with Crippen LogP contribution in [0.3, 0.4) is 0 Å². The zero-order valence-electron chi connectivity index (χ0n) is 12.4. The standard InChI is InChI=1S/C13H21N5O/c1-9-7-10(15-17(9)5)12-14-11(8-19-6)16-18(12)13(2,3)4/h7H,8H2,1-6H3. The van der Waals surface area contributed by atoms with Crippen LogP contribution in [0.1, 0.15) is 32.3 Å². The van der Waals surface area contributed by atoms with E-state index in [0.29, 0.717) is 12.4 Å². The number of hydrogen-bond acceptors (Lipinski definition) is 4. The van der Waals surface area contributed by atoms with Crippen molar-refractivity contribution in [2.75, 3.05) is 7.11 Å². The van der Waals surface area contributed by atoms with Gasteiger partial charge in [-0.1, -0.05) is 0 Å². The monoisotopic (exact) mass is 263 g/mol. The van der Waals surface area contributed by atoms with E-state index in [0.717, 1.165) is 17.2 Å². The maximum Gasteiger partial charge on any atom is 0.179 e. The molecular weight excluding hydrogens is 242 g/mol. The molecule has 6 nitrogen and oxygen atoms in total. The van der Waals surface area contributed by atoms with Gasteiger partial charge in [0.15, 0.2) is 11.6 Å². The predicted octanol–water partition coefficient (Wildman–Crippen LogP) is 1.89. The molecule has 2 aromatic rings. The van der Waals surface area contributed by atoms with Crippen LogP contribution in [0.15, 0.2) is 6.07 Å². The molecule has 19 heavy (non-hydrogen) atoms. The highest BCUT2D eigenvalue weighted by Gasteiger charge is 2.23. The summed E-state index contributed by atoms with van der Waals surface area (Å²) in [5, 5.41) is 9.00. The van der Waals surface area contributed by atoms with Gasteiger partial charge in [-0.15, -0.1) is 0 Å². The smallest absolute Gasteiger partial charge is 0.179 e. The Kier molecular flexibility index (Phi) is 3.45. The molecule has 0 fully saturated rings. The fourth-order valence-corrected chi connectivity index (χ4v) is 1.85. The molecule has 0 atom stereocenters. The van der Waals surface area contributed by atoms with Crippen molar-refractivity contribution in [3.63, 3.8) is 0 Å². The van der Waals surface area contributed by atoms with Crippen LogP contribution in [0.2, 0.25) is 0 Å². The van der Waals surface area contributed by atoms with E-state index in [1.807, 2.05) is 29.4 Å². The summed E-state index contributed by atoms with van der Waals surface area (Å²) in [6.45, 7) is 8.71. The van der Waals surface area contributed by atoms with E-state index in [1.165, 1.54) is 0 Å². The van der Waals surface area contributed by atoms with E-state index >= 15 is 0 Å². The molecule has 0 aliphatic heterocycles. The fraction of sp³-hybridized carbons (Fsp3) is 0.615. The van der Waals surface area contributed by atoms with Crippen LogP contribution in [0.4, 0.5) is 0 Å². The normalized spacial score (nSPS) is 12.1. The van der Waals surface area contributed by atoms with Gasteiger partial charge in [0.2, 0.25) is 0 Å². The maximum atomic E-state index is 5.11. The Hall–Kier alpha value is -1.69. The van der Waals surface area contributed by atoms with Gasteiger partial charge in [-0.2, -0.15) is 10.2 Å². The average Bonchev–Trinajstić information content (AvgIpc) is 2.84. The molecule has 6 heteroatoms. The molecule has 0 aliphatic rings. The van der Waals surface area contributed by atoms with Crippen molar-refractivity contribution in [3.8, 4) is 11.5 Å². The van der Waals surface area contributed by atoms with Gasteiger partial charge in [0.25, 0.3) is 0 Å². The summed E-state index contributed by atoms with van der Waals surface area (Å²) < 4.78 is 8.86. The lowest BCUT2D eigenvalue weighted by Crippen LogP contribution is -2.24. The number of ether oxygens (including phenoxy) is 1. The molecule has 2 rings (SSSR count). The van der Waals surface area contributed by atoms with Crippen molar-refractivity contribution in [3.05, 3.63) is 17.6 Å². The summed E-state index contributed by atoms with van der Waals surface area (Å²) in [5.41, 5.74) is 1.77. The second-order valence-electron chi connectivity index (χ2n) is 5.66. The topological polar surface area (TPSA) is 57.8 Å². The van der Waals surface area contributed by atoms with E-state index in [-0.39, 0.29) is 5.54 Å². The number of aromatic nitrogens is 5. The summed E-state index contributed by atoms with van der Waals surface area (Å²) >= 11 is 0. The largest absolute Gasteiger partial charge is 0.377 e. The Balaban J connectivity index is 2.54. The molecule has 2 aromatic heterocycles. The Labute approximate surface area is 113 Å². The van der Waals surface area contributed by atoms with E-state index < -0.39 is 0 Å². The van der Waals surface area contributed by atoms with Crippen molar-refractivity contribution >= 4 is 0 Å². The Morgan fingerprint density at radius 2 is 1.95 bits per heavy atom. The summed E-state index contributed by atoms with van der Waals surface area (Å²) in [4.78, 5) is 4.54. The van der Waals surface area contributed by atoms with Crippen molar-refractivity contribution in [1.29, 1.82) is 0 Å².